The highest BCUT2D eigenvalue weighted by atomic mass is 35.5. The van der Waals surface area contributed by atoms with Crippen LogP contribution in [0.15, 0.2) is 18.2 Å². The van der Waals surface area contributed by atoms with E-state index in [1.165, 1.54) is 6.07 Å². The molecule has 1 aliphatic carbocycles. The molecule has 2 rings (SSSR count). The molecule has 4 heteroatoms. The minimum Gasteiger partial charge on any atom is -0.381 e. The molecule has 0 saturated heterocycles. The van der Waals surface area contributed by atoms with Crippen LogP contribution < -0.4 is 5.32 Å². The third kappa shape index (κ3) is 3.33. The van der Waals surface area contributed by atoms with E-state index in [9.17, 15) is 4.39 Å². The molecular formula is C13H17ClFNO. The summed E-state index contributed by atoms with van der Waals surface area (Å²) < 4.78 is 18.9. The predicted molar refractivity (Wildman–Crippen MR) is 68.1 cm³/mol. The van der Waals surface area contributed by atoms with Crippen LogP contribution in [0, 0.1) is 5.82 Å². The topological polar surface area (TPSA) is 21.3 Å². The smallest absolute Gasteiger partial charge is 0.147 e. The van der Waals surface area contributed by atoms with Gasteiger partial charge in [0.25, 0.3) is 0 Å². The molecule has 1 aromatic carbocycles. The lowest BCUT2D eigenvalue weighted by atomic mass is 9.93. The van der Waals surface area contributed by atoms with Gasteiger partial charge in [0.05, 0.1) is 11.8 Å². The summed E-state index contributed by atoms with van der Waals surface area (Å²) in [6.07, 6.45) is 4.46. The Morgan fingerprint density at radius 2 is 2.00 bits per heavy atom. The largest absolute Gasteiger partial charge is 0.381 e. The van der Waals surface area contributed by atoms with Crippen molar-refractivity contribution >= 4 is 17.3 Å². The summed E-state index contributed by atoms with van der Waals surface area (Å²) in [4.78, 5) is 0. The first-order chi connectivity index (χ1) is 8.19. The Morgan fingerprint density at radius 1 is 1.29 bits per heavy atom. The molecule has 0 heterocycles. The number of benzene rings is 1. The molecule has 0 aliphatic heterocycles. The maximum atomic E-state index is 13.6. The zero-order valence-corrected chi connectivity index (χ0v) is 10.6. The molecule has 0 bridgehead atoms. The monoisotopic (exact) mass is 257 g/mol. The highest BCUT2D eigenvalue weighted by molar-refractivity contribution is 6.30. The summed E-state index contributed by atoms with van der Waals surface area (Å²) in [5.74, 6) is -0.286. The number of anilines is 1. The zero-order chi connectivity index (χ0) is 12.3. The van der Waals surface area contributed by atoms with Gasteiger partial charge in [-0.05, 0) is 43.9 Å². The Kier molecular flexibility index (Phi) is 4.24. The molecule has 2 nitrogen and oxygen atoms in total. The van der Waals surface area contributed by atoms with Crippen LogP contribution in [0.5, 0.6) is 0 Å². The van der Waals surface area contributed by atoms with Crippen LogP contribution in [0.1, 0.15) is 25.7 Å². The van der Waals surface area contributed by atoms with Crippen LogP contribution in [0.3, 0.4) is 0 Å². The SMILES string of the molecule is COC1CCC(Nc2ccc(Cl)cc2F)CC1. The van der Waals surface area contributed by atoms with Gasteiger partial charge >= 0.3 is 0 Å². The van der Waals surface area contributed by atoms with Crippen molar-refractivity contribution in [3.63, 3.8) is 0 Å². The van der Waals surface area contributed by atoms with Crippen molar-refractivity contribution in [2.75, 3.05) is 12.4 Å². The second-order valence-electron chi connectivity index (χ2n) is 4.48. The van der Waals surface area contributed by atoms with Crippen LogP contribution in [-0.2, 0) is 4.74 Å². The molecule has 0 aromatic heterocycles. The number of rotatable bonds is 3. The fourth-order valence-electron chi connectivity index (χ4n) is 2.27. The first kappa shape index (κ1) is 12.7. The number of methoxy groups -OCH3 is 1. The third-order valence-electron chi connectivity index (χ3n) is 3.30. The molecule has 1 saturated carbocycles. The molecule has 17 heavy (non-hydrogen) atoms. The number of hydrogen-bond donors (Lipinski definition) is 1. The van der Waals surface area contributed by atoms with Crippen molar-refractivity contribution in [1.29, 1.82) is 0 Å². The van der Waals surface area contributed by atoms with Crippen molar-refractivity contribution in [3.05, 3.63) is 29.0 Å². The van der Waals surface area contributed by atoms with Crippen LogP contribution in [0.2, 0.25) is 5.02 Å². The quantitative estimate of drug-likeness (QED) is 0.888. The van der Waals surface area contributed by atoms with Crippen LogP contribution in [-0.4, -0.2) is 19.3 Å². The Bertz CT molecular complexity index is 378. The van der Waals surface area contributed by atoms with Gasteiger partial charge in [-0.2, -0.15) is 0 Å². The summed E-state index contributed by atoms with van der Waals surface area (Å²) in [6, 6.07) is 5.07. The van der Waals surface area contributed by atoms with E-state index >= 15 is 0 Å². The number of nitrogens with one attached hydrogen (secondary N) is 1. The Balaban J connectivity index is 1.93. The molecular weight excluding hydrogens is 241 g/mol. The number of hydrogen-bond acceptors (Lipinski definition) is 2. The van der Waals surface area contributed by atoms with Crippen molar-refractivity contribution < 1.29 is 9.13 Å². The minimum atomic E-state index is -0.286. The van der Waals surface area contributed by atoms with Gasteiger partial charge in [-0.1, -0.05) is 11.6 Å². The van der Waals surface area contributed by atoms with E-state index in [-0.39, 0.29) is 5.82 Å². The lowest BCUT2D eigenvalue weighted by Crippen LogP contribution is -2.29. The molecule has 0 atom stereocenters. The van der Waals surface area contributed by atoms with Crippen LogP contribution in [0.4, 0.5) is 10.1 Å². The average molecular weight is 258 g/mol. The summed E-state index contributed by atoms with van der Waals surface area (Å²) in [5.41, 5.74) is 0.537. The summed E-state index contributed by atoms with van der Waals surface area (Å²) in [7, 11) is 1.75. The maximum absolute atomic E-state index is 13.6. The van der Waals surface area contributed by atoms with Gasteiger partial charge in [0.2, 0.25) is 0 Å². The lowest BCUT2D eigenvalue weighted by molar-refractivity contribution is 0.0681. The minimum absolute atomic E-state index is 0.286. The van der Waals surface area contributed by atoms with Crippen molar-refractivity contribution in [1.82, 2.24) is 0 Å². The zero-order valence-electron chi connectivity index (χ0n) is 9.88. The second-order valence-corrected chi connectivity index (χ2v) is 4.91. The first-order valence-electron chi connectivity index (χ1n) is 5.93. The molecule has 0 amide bonds. The van der Waals surface area contributed by atoms with E-state index in [0.29, 0.717) is 22.9 Å². The van der Waals surface area contributed by atoms with E-state index in [0.717, 1.165) is 25.7 Å². The molecule has 0 spiro atoms. The Labute approximate surface area is 106 Å². The van der Waals surface area contributed by atoms with Crippen molar-refractivity contribution in [2.24, 2.45) is 0 Å². The summed E-state index contributed by atoms with van der Waals surface area (Å²) >= 11 is 5.71. The van der Waals surface area contributed by atoms with Gasteiger partial charge in [-0.25, -0.2) is 4.39 Å². The van der Waals surface area contributed by atoms with Gasteiger partial charge in [0.15, 0.2) is 0 Å². The number of ether oxygens (including phenoxy) is 1. The highest BCUT2D eigenvalue weighted by Crippen LogP contribution is 2.26. The van der Waals surface area contributed by atoms with Gasteiger partial charge in [0, 0.05) is 18.2 Å². The third-order valence-corrected chi connectivity index (χ3v) is 3.53. The van der Waals surface area contributed by atoms with Gasteiger partial charge in [-0.15, -0.1) is 0 Å². The molecule has 0 radical (unpaired) electrons. The van der Waals surface area contributed by atoms with Gasteiger partial charge in [-0.3, -0.25) is 0 Å². The Hall–Kier alpha value is -0.800. The second kappa shape index (κ2) is 5.69. The Morgan fingerprint density at radius 3 is 2.59 bits per heavy atom. The van der Waals surface area contributed by atoms with Crippen LogP contribution >= 0.6 is 11.6 Å². The molecule has 1 aromatic rings. The molecule has 94 valence electrons. The fraction of sp³-hybridized carbons (Fsp3) is 0.538. The number of halogens is 2. The van der Waals surface area contributed by atoms with Crippen LogP contribution in [0.25, 0.3) is 0 Å². The van der Waals surface area contributed by atoms with E-state index in [1.54, 1.807) is 19.2 Å². The highest BCUT2D eigenvalue weighted by Gasteiger charge is 2.21. The fourth-order valence-corrected chi connectivity index (χ4v) is 2.43. The molecule has 0 unspecified atom stereocenters. The summed E-state index contributed by atoms with van der Waals surface area (Å²) in [6.45, 7) is 0. The first-order valence-corrected chi connectivity index (χ1v) is 6.31. The average Bonchev–Trinajstić information content (AvgIpc) is 2.34. The van der Waals surface area contributed by atoms with E-state index in [4.69, 9.17) is 16.3 Å². The predicted octanol–water partition coefficient (Wildman–Crippen LogP) is 3.85. The summed E-state index contributed by atoms with van der Waals surface area (Å²) in [5, 5.41) is 3.66. The van der Waals surface area contributed by atoms with Crippen molar-refractivity contribution in [3.8, 4) is 0 Å². The maximum Gasteiger partial charge on any atom is 0.147 e. The van der Waals surface area contributed by atoms with Gasteiger partial charge < -0.3 is 10.1 Å². The van der Waals surface area contributed by atoms with E-state index < -0.39 is 0 Å². The molecule has 1 fully saturated rings. The van der Waals surface area contributed by atoms with E-state index in [1.807, 2.05) is 0 Å². The lowest BCUT2D eigenvalue weighted by Gasteiger charge is -2.29. The van der Waals surface area contributed by atoms with Crippen molar-refractivity contribution in [2.45, 2.75) is 37.8 Å². The molecule has 1 N–H and O–H groups in total. The standard InChI is InChI=1S/C13H17ClFNO/c1-17-11-5-3-10(4-6-11)16-13-7-2-9(14)8-12(13)15/h2,7-8,10-11,16H,3-6H2,1H3. The molecule has 1 aliphatic rings. The van der Waals surface area contributed by atoms with Gasteiger partial charge in [0.1, 0.15) is 5.82 Å². The van der Waals surface area contributed by atoms with E-state index in [2.05, 4.69) is 5.32 Å². The normalized spacial score (nSPS) is 24.6.